The van der Waals surface area contributed by atoms with Crippen molar-refractivity contribution in [3.8, 4) is 0 Å². The molecule has 0 aromatic carbocycles. The molecule has 0 aliphatic carbocycles. The summed E-state index contributed by atoms with van der Waals surface area (Å²) < 4.78 is 1.91. The second kappa shape index (κ2) is 10.0. The number of thiazole rings is 1. The zero-order valence-electron chi connectivity index (χ0n) is 18.1. The van der Waals surface area contributed by atoms with Crippen LogP contribution in [0.1, 0.15) is 5.69 Å². The Morgan fingerprint density at radius 1 is 1.50 bits per heavy atom. The number of carboxylic acids is 1. The number of aromatic nitrogens is 2. The van der Waals surface area contributed by atoms with Crippen LogP contribution < -0.4 is 15.6 Å². The molecule has 1 saturated heterocycles. The van der Waals surface area contributed by atoms with Gasteiger partial charge in [-0.05, 0) is 6.07 Å². The van der Waals surface area contributed by atoms with Crippen molar-refractivity contribution in [2.75, 3.05) is 24.3 Å². The van der Waals surface area contributed by atoms with Gasteiger partial charge in [0.25, 0.3) is 11.8 Å². The molecular weight excluding hydrogens is 500 g/mol. The zero-order chi connectivity index (χ0) is 24.4. The van der Waals surface area contributed by atoms with Crippen LogP contribution in [-0.2, 0) is 26.3 Å². The van der Waals surface area contributed by atoms with Crippen LogP contribution in [0.4, 0.5) is 5.13 Å². The van der Waals surface area contributed by atoms with E-state index in [-0.39, 0.29) is 22.2 Å². The Kier molecular flexibility index (Phi) is 7.09. The molecule has 4 N–H and O–H groups in total. The molecule has 0 radical (unpaired) electrons. The van der Waals surface area contributed by atoms with E-state index >= 15 is 0 Å². The maximum Gasteiger partial charge on any atom is 0.353 e. The first-order valence-corrected chi connectivity index (χ1v) is 12.8. The molecule has 1 fully saturated rings. The molecule has 14 heteroatoms. The number of nitrogens with zero attached hydrogens (tertiary/aromatic N) is 4. The highest BCUT2D eigenvalue weighted by Gasteiger charge is 2.54. The van der Waals surface area contributed by atoms with Gasteiger partial charge in [-0.2, -0.15) is 0 Å². The minimum atomic E-state index is -1.18. The van der Waals surface area contributed by atoms with E-state index in [2.05, 4.69) is 15.5 Å². The summed E-state index contributed by atoms with van der Waals surface area (Å²) in [5.74, 6) is -1.45. The molecule has 4 rings (SSSR count). The molecule has 11 nitrogen and oxygen atoms in total. The molecule has 2 aliphatic heterocycles. The highest BCUT2D eigenvalue weighted by Crippen LogP contribution is 2.41. The maximum atomic E-state index is 12.9. The number of nitrogen functional groups attached to an aromatic ring is 1. The number of aryl methyl sites for hydroxylation is 1. The maximum absolute atomic E-state index is 12.9. The van der Waals surface area contributed by atoms with Gasteiger partial charge in [-0.25, -0.2) is 14.3 Å². The number of hydrogen-bond donors (Lipinski definition) is 3. The zero-order valence-corrected chi connectivity index (χ0v) is 20.6. The van der Waals surface area contributed by atoms with E-state index in [9.17, 15) is 19.5 Å². The summed E-state index contributed by atoms with van der Waals surface area (Å²) in [5, 5.41) is 18.0. The van der Waals surface area contributed by atoms with Crippen LogP contribution >= 0.6 is 34.9 Å². The van der Waals surface area contributed by atoms with Crippen LogP contribution in [-0.4, -0.2) is 69.2 Å². The van der Waals surface area contributed by atoms with Crippen molar-refractivity contribution in [1.29, 1.82) is 0 Å². The van der Waals surface area contributed by atoms with E-state index in [1.807, 2.05) is 36.1 Å². The summed E-state index contributed by atoms with van der Waals surface area (Å²) in [6, 6.07) is 2.48. The number of rotatable bonds is 8. The average Bonchev–Trinajstić information content (AvgIpc) is 3.24. The number of carbonyl (C=O) groups excluding carboxylic acids is 2. The number of β-lactam (4-membered cyclic amide) rings is 1. The largest absolute Gasteiger partial charge is 0.477 e. The van der Waals surface area contributed by atoms with E-state index in [1.54, 1.807) is 5.38 Å². The van der Waals surface area contributed by atoms with Gasteiger partial charge in [0.1, 0.15) is 31.6 Å². The highest BCUT2D eigenvalue weighted by atomic mass is 32.2. The van der Waals surface area contributed by atoms with Gasteiger partial charge in [0.05, 0.1) is 10.9 Å². The van der Waals surface area contributed by atoms with E-state index in [4.69, 9.17) is 10.6 Å². The van der Waals surface area contributed by atoms with Crippen molar-refractivity contribution in [2.45, 2.75) is 17.0 Å². The number of aliphatic carboxylic acids is 1. The van der Waals surface area contributed by atoms with Crippen LogP contribution in [0, 0.1) is 0 Å². The van der Waals surface area contributed by atoms with E-state index in [0.717, 1.165) is 16.2 Å². The van der Waals surface area contributed by atoms with Gasteiger partial charge in [-0.15, -0.1) is 34.9 Å². The standard InChI is InChI=1S/C20H20N6O5S3/c1-25-5-3-4-10(6-25)32-9-13-16(19(29)30)26-12(8-33-13)15(18(26)28)23-17(27)14(24-31-2)11-7-34-20(21)22-11/h3-7,12,15H,8-9H2,1-2H3,(H3-,21,22,23,27,29,30)/p+1. The van der Waals surface area contributed by atoms with Gasteiger partial charge in [0.15, 0.2) is 23.2 Å². The monoisotopic (exact) mass is 521 g/mol. The fraction of sp³-hybridized carbons (Fsp3) is 0.300. The first-order valence-electron chi connectivity index (χ1n) is 9.94. The molecule has 2 aromatic rings. The highest BCUT2D eigenvalue weighted by molar-refractivity contribution is 8.06. The van der Waals surface area contributed by atoms with Crippen LogP contribution in [0.2, 0.25) is 0 Å². The summed E-state index contributed by atoms with van der Waals surface area (Å²) >= 11 is 4.01. The molecule has 2 atom stereocenters. The Bertz CT molecular complexity index is 1210. The van der Waals surface area contributed by atoms with Crippen molar-refractivity contribution in [3.63, 3.8) is 0 Å². The molecule has 0 bridgehead atoms. The van der Waals surface area contributed by atoms with Gasteiger partial charge in [0.2, 0.25) is 0 Å². The van der Waals surface area contributed by atoms with Gasteiger partial charge in [0, 0.05) is 27.9 Å². The lowest BCUT2D eigenvalue weighted by Gasteiger charge is -2.49. The van der Waals surface area contributed by atoms with Gasteiger partial charge < -0.3 is 21.0 Å². The summed E-state index contributed by atoms with van der Waals surface area (Å²) in [7, 11) is 3.20. The smallest absolute Gasteiger partial charge is 0.353 e. The number of carboxylic acid groups (broad SMARTS) is 1. The fourth-order valence-corrected chi connectivity index (χ4v) is 6.51. The number of amides is 2. The number of hydrogen-bond acceptors (Lipinski definition) is 10. The number of oxime groups is 1. The lowest BCUT2D eigenvalue weighted by Crippen LogP contribution is -2.73. The Morgan fingerprint density at radius 2 is 2.29 bits per heavy atom. The first kappa shape index (κ1) is 24.0. The van der Waals surface area contributed by atoms with Crippen LogP contribution in [0.3, 0.4) is 0 Å². The van der Waals surface area contributed by atoms with Gasteiger partial charge >= 0.3 is 5.97 Å². The lowest BCUT2D eigenvalue weighted by molar-refractivity contribution is -0.673. The van der Waals surface area contributed by atoms with Crippen molar-refractivity contribution >= 4 is 63.5 Å². The lowest BCUT2D eigenvalue weighted by atomic mass is 9.94. The first-order chi connectivity index (χ1) is 16.3. The number of nitrogens with two attached hydrogens (primary N) is 1. The molecule has 0 spiro atoms. The van der Waals surface area contributed by atoms with E-state index in [1.165, 1.54) is 35.5 Å². The molecule has 178 valence electrons. The normalized spacial score (nSPS) is 20.0. The molecule has 0 saturated carbocycles. The second-order valence-corrected chi connectivity index (χ2v) is 10.4. The van der Waals surface area contributed by atoms with E-state index < -0.39 is 29.9 Å². The van der Waals surface area contributed by atoms with Gasteiger partial charge in [-0.1, -0.05) is 5.16 Å². The molecule has 2 unspecified atom stereocenters. The molecule has 4 heterocycles. The summed E-state index contributed by atoms with van der Waals surface area (Å²) in [4.78, 5) is 49.4. The van der Waals surface area contributed by atoms with Crippen LogP contribution in [0.5, 0.6) is 0 Å². The number of carbonyl (C=O) groups is 3. The van der Waals surface area contributed by atoms with E-state index in [0.29, 0.717) is 16.4 Å². The summed E-state index contributed by atoms with van der Waals surface area (Å²) in [5.41, 5.74) is 5.71. The Morgan fingerprint density at radius 3 is 2.94 bits per heavy atom. The van der Waals surface area contributed by atoms with Gasteiger partial charge in [-0.3, -0.25) is 14.5 Å². The molecular formula is C20H21N6O5S3+. The predicted octanol–water partition coefficient (Wildman–Crippen LogP) is 0.431. The second-order valence-electron chi connectivity index (χ2n) is 7.30. The van der Waals surface area contributed by atoms with Crippen molar-refractivity contribution in [2.24, 2.45) is 12.2 Å². The van der Waals surface area contributed by atoms with Crippen molar-refractivity contribution in [1.82, 2.24) is 15.2 Å². The molecule has 2 amide bonds. The Balaban J connectivity index is 1.49. The minimum absolute atomic E-state index is 0.0392. The van der Waals surface area contributed by atoms with Crippen molar-refractivity contribution < 1.29 is 28.9 Å². The number of pyridine rings is 1. The predicted molar refractivity (Wildman–Crippen MR) is 128 cm³/mol. The third-order valence-corrected chi connectivity index (χ3v) is 8.15. The quantitative estimate of drug-likeness (QED) is 0.148. The molecule has 34 heavy (non-hydrogen) atoms. The molecule has 2 aliphatic rings. The number of thioether (sulfide) groups is 2. The topological polar surface area (TPSA) is 151 Å². The SMILES string of the molecule is CON=C(C(=O)NC1C(=O)N2C(C(=O)O)=C(CSc3ccc[n+](C)c3)SCC12)c1csc(N)n1. The fourth-order valence-electron chi connectivity index (χ4n) is 3.57. The van der Waals surface area contributed by atoms with Crippen LogP contribution in [0.15, 0.2) is 50.6 Å². The third-order valence-electron chi connectivity index (χ3n) is 5.09. The Labute approximate surface area is 207 Å². The number of anilines is 1. The number of nitrogens with one attached hydrogen (secondary N) is 1. The third kappa shape index (κ3) is 4.74. The minimum Gasteiger partial charge on any atom is -0.477 e. The molecule has 2 aromatic heterocycles. The number of fused-ring (bicyclic) bond motifs is 1. The average molecular weight is 522 g/mol. The van der Waals surface area contributed by atoms with Crippen molar-refractivity contribution in [3.05, 3.63) is 46.2 Å². The summed E-state index contributed by atoms with van der Waals surface area (Å²) in [6.45, 7) is 0. The Hall–Kier alpha value is -3.10. The van der Waals surface area contributed by atoms with Crippen LogP contribution in [0.25, 0.3) is 0 Å². The summed E-state index contributed by atoms with van der Waals surface area (Å²) in [6.07, 6.45) is 3.85.